The van der Waals surface area contributed by atoms with E-state index in [1.165, 1.54) is 0 Å². The lowest BCUT2D eigenvalue weighted by atomic mass is 13.0. The molecule has 0 fully saturated rings. The van der Waals surface area contributed by atoms with E-state index in [9.17, 15) is 0 Å². The molecule has 8 N–H and O–H groups in total. The molecule has 0 aromatic rings. The second-order valence-corrected chi connectivity index (χ2v) is 1.52. The maximum atomic E-state index is 8.70. The van der Waals surface area contributed by atoms with Crippen molar-refractivity contribution in [2.45, 2.75) is 0 Å². The Kier molecular flexibility index (Phi) is 26.4. The van der Waals surface area contributed by atoms with Gasteiger partial charge < -0.3 is 0 Å². The van der Waals surface area contributed by atoms with Gasteiger partial charge in [-0.05, 0) is 0 Å². The minimum Gasteiger partial charge on any atom is -0.274 e. The zero-order chi connectivity index (χ0) is 9.15. The predicted molar refractivity (Wildman–Crippen MR) is 32.5 cm³/mol. The van der Waals surface area contributed by atoms with E-state index >= 15 is 0 Å². The minimum absolute atomic E-state index is 2.87. The molecular weight excluding hydrogens is 186 g/mol. The normalized spacial score (nSPS) is 5.80. The maximum absolute atomic E-state index is 8.70. The number of hydrogen-bond donors (Lipinski definition) is 6. The lowest BCUT2D eigenvalue weighted by Gasteiger charge is -1.34. The number of hydrazine groups is 1. The van der Waals surface area contributed by atoms with Crippen LogP contribution in [0.3, 0.4) is 0 Å². The molecule has 0 saturated carbocycles. The number of hydrogen-bond acceptors (Lipinski definition) is 4. The fraction of sp³-hybridized carbons (Fsp3) is 0. The Labute approximate surface area is 58.0 Å². The van der Waals surface area contributed by atoms with Crippen molar-refractivity contribution < 1.29 is 28.7 Å². The molecule has 0 bridgehead atoms. The van der Waals surface area contributed by atoms with Crippen LogP contribution in [0.4, 0.5) is 0 Å². The Bertz CT molecular complexity index is 71.7. The van der Waals surface area contributed by atoms with E-state index in [4.69, 9.17) is 28.7 Å². The van der Waals surface area contributed by atoms with Gasteiger partial charge in [-0.25, -0.2) is 0 Å². The van der Waals surface area contributed by atoms with E-state index in [1.54, 1.807) is 0 Å². The molecule has 62 valence electrons. The molecule has 10 heavy (non-hydrogen) atoms. The first kappa shape index (κ1) is 16.5. The monoisotopic (exact) mass is 194 g/mol. The Morgan fingerprint density at radius 1 is 0.800 bits per heavy atom. The van der Waals surface area contributed by atoms with Gasteiger partial charge in [0.05, 0.1) is 0 Å². The molecule has 0 radical (unpaired) electrons. The largest absolute Gasteiger partial charge is 0.692 e. The van der Waals surface area contributed by atoms with Crippen LogP contribution in [-0.4, -0.2) is 19.6 Å². The Morgan fingerprint density at radius 2 is 0.800 bits per heavy atom. The summed E-state index contributed by atoms with van der Waals surface area (Å²) in [5.74, 6) is 8.00. The van der Waals surface area contributed by atoms with E-state index in [1.807, 2.05) is 0 Å². The quantitative estimate of drug-likeness (QED) is 0.147. The molecule has 0 heterocycles. The molecule has 0 amide bonds. The standard InChI is InChI=1S/H4N2.2HO3P/c1-2;2*1-4(2)3/h1-2H2;2*(H-,1,2,3)/p+2. The highest BCUT2D eigenvalue weighted by molar-refractivity contribution is 7.31. The molecule has 8 nitrogen and oxygen atoms in total. The van der Waals surface area contributed by atoms with Gasteiger partial charge in [-0.3, -0.25) is 11.7 Å². The summed E-state index contributed by atoms with van der Waals surface area (Å²) in [4.78, 5) is 28.5. The van der Waals surface area contributed by atoms with Crippen molar-refractivity contribution in [3.05, 3.63) is 0 Å². The summed E-state index contributed by atoms with van der Waals surface area (Å²) in [7, 11) is -5.74. The van der Waals surface area contributed by atoms with Gasteiger partial charge in [0.15, 0.2) is 0 Å². The lowest BCUT2D eigenvalue weighted by molar-refractivity contribution is 0.403. The Balaban J connectivity index is -0.0000000787. The van der Waals surface area contributed by atoms with Crippen LogP contribution in [0.15, 0.2) is 0 Å². The maximum Gasteiger partial charge on any atom is 0.692 e. The molecule has 0 aliphatic heterocycles. The van der Waals surface area contributed by atoms with Gasteiger partial charge in [-0.15, -0.1) is 19.6 Å². The summed E-state index contributed by atoms with van der Waals surface area (Å²) in [5, 5.41) is 0. The third-order valence-electron chi connectivity index (χ3n) is 0. The Morgan fingerprint density at radius 3 is 0.800 bits per heavy atom. The van der Waals surface area contributed by atoms with Crippen LogP contribution in [0.25, 0.3) is 0 Å². The van der Waals surface area contributed by atoms with Crippen molar-refractivity contribution in [2.24, 2.45) is 11.7 Å². The average Bonchev–Trinajstić information content (AvgIpc) is 1.66. The van der Waals surface area contributed by atoms with Gasteiger partial charge in [0.1, 0.15) is 0 Å². The van der Waals surface area contributed by atoms with Crippen molar-refractivity contribution in [3.8, 4) is 0 Å². The van der Waals surface area contributed by atoms with Crippen LogP contribution in [0.2, 0.25) is 0 Å². The molecule has 0 aromatic heterocycles. The number of rotatable bonds is 0. The van der Waals surface area contributed by atoms with Crippen molar-refractivity contribution in [2.75, 3.05) is 0 Å². The van der Waals surface area contributed by atoms with E-state index in [2.05, 4.69) is 11.7 Å². The van der Waals surface area contributed by atoms with Gasteiger partial charge in [0.25, 0.3) is 0 Å². The molecular formula is H8N2O6P2+2. The lowest BCUT2D eigenvalue weighted by Crippen LogP contribution is -2.02. The van der Waals surface area contributed by atoms with Gasteiger partial charge in [-0.1, -0.05) is 0 Å². The van der Waals surface area contributed by atoms with Crippen LogP contribution >= 0.6 is 16.5 Å². The highest BCUT2D eigenvalue weighted by atomic mass is 31.1. The zero-order valence-electron chi connectivity index (χ0n) is 4.65. The second-order valence-electron chi connectivity index (χ2n) is 0.505. The molecule has 0 rings (SSSR count). The second kappa shape index (κ2) is 16.0. The summed E-state index contributed by atoms with van der Waals surface area (Å²) in [6.07, 6.45) is 0. The van der Waals surface area contributed by atoms with Crippen LogP contribution in [-0.2, 0) is 9.13 Å². The van der Waals surface area contributed by atoms with Crippen molar-refractivity contribution in [1.29, 1.82) is 0 Å². The fourth-order valence-corrected chi connectivity index (χ4v) is 0. The first-order valence-corrected chi connectivity index (χ1v) is 3.83. The molecule has 0 aromatic carbocycles. The van der Waals surface area contributed by atoms with Crippen LogP contribution in [0.1, 0.15) is 0 Å². The summed E-state index contributed by atoms with van der Waals surface area (Å²) < 4.78 is 17.4. The van der Waals surface area contributed by atoms with Crippen LogP contribution < -0.4 is 11.7 Å². The average molecular weight is 194 g/mol. The van der Waals surface area contributed by atoms with E-state index in [0.717, 1.165) is 0 Å². The topological polar surface area (TPSA) is 167 Å². The van der Waals surface area contributed by atoms with E-state index in [-0.39, 0.29) is 0 Å². The van der Waals surface area contributed by atoms with Gasteiger partial charge in [-0.2, -0.15) is 0 Å². The third kappa shape index (κ3) is 241000. The smallest absolute Gasteiger partial charge is 0.274 e. The molecule has 0 aliphatic rings. The molecule has 10 heteroatoms. The summed E-state index contributed by atoms with van der Waals surface area (Å²) in [6.45, 7) is 0. The molecule has 0 unspecified atom stereocenters. The summed E-state index contributed by atoms with van der Waals surface area (Å²) in [6, 6.07) is 0. The Hall–Kier alpha value is -0.0400. The van der Waals surface area contributed by atoms with Crippen molar-refractivity contribution in [1.82, 2.24) is 0 Å². The van der Waals surface area contributed by atoms with Gasteiger partial charge in [0, 0.05) is 9.13 Å². The van der Waals surface area contributed by atoms with Crippen LogP contribution in [0.5, 0.6) is 0 Å². The summed E-state index contributed by atoms with van der Waals surface area (Å²) in [5.41, 5.74) is 0. The predicted octanol–water partition coefficient (Wildman–Crippen LogP) is -1.92. The summed E-state index contributed by atoms with van der Waals surface area (Å²) >= 11 is 0. The third-order valence-corrected chi connectivity index (χ3v) is 0. The number of nitrogens with two attached hydrogens (primary N) is 2. The van der Waals surface area contributed by atoms with Crippen LogP contribution in [0, 0.1) is 0 Å². The highest BCUT2D eigenvalue weighted by Gasteiger charge is 1.93. The van der Waals surface area contributed by atoms with E-state index in [0.29, 0.717) is 0 Å². The first-order chi connectivity index (χ1) is 4.46. The minimum atomic E-state index is -2.87. The van der Waals surface area contributed by atoms with E-state index < -0.39 is 16.5 Å². The molecule has 0 atom stereocenters. The van der Waals surface area contributed by atoms with Gasteiger partial charge in [0.2, 0.25) is 0 Å². The van der Waals surface area contributed by atoms with Gasteiger partial charge >= 0.3 is 16.5 Å². The fourth-order valence-electron chi connectivity index (χ4n) is 0. The van der Waals surface area contributed by atoms with Crippen molar-refractivity contribution >= 4 is 16.5 Å². The molecule has 0 saturated heterocycles. The SMILES string of the molecule is NN.O=[P+](O)O.O=[P+](O)O. The molecule has 0 aliphatic carbocycles. The first-order valence-electron chi connectivity index (χ1n) is 1.50. The zero-order valence-corrected chi connectivity index (χ0v) is 6.44. The van der Waals surface area contributed by atoms with Crippen molar-refractivity contribution in [3.63, 3.8) is 0 Å². The highest BCUT2D eigenvalue weighted by Crippen LogP contribution is 1.98. The molecule has 0 spiro atoms.